The van der Waals surface area contributed by atoms with Crippen LogP contribution in [0.25, 0.3) is 64.6 Å². The van der Waals surface area contributed by atoms with Crippen LogP contribution in [0.1, 0.15) is 0 Å². The van der Waals surface area contributed by atoms with Crippen LogP contribution >= 0.6 is 0 Å². The van der Waals surface area contributed by atoms with E-state index in [4.69, 9.17) is 0 Å². The molecule has 0 fully saturated rings. The molecule has 0 unspecified atom stereocenters. The zero-order valence-electron chi connectivity index (χ0n) is 16.4. The summed E-state index contributed by atoms with van der Waals surface area (Å²) in [5.41, 5.74) is 0. The van der Waals surface area contributed by atoms with E-state index in [0.717, 1.165) is 0 Å². The van der Waals surface area contributed by atoms with Gasteiger partial charge in [-0.3, -0.25) is 0 Å². The van der Waals surface area contributed by atoms with Gasteiger partial charge in [-0.1, -0.05) is 97.1 Å². The zero-order chi connectivity index (χ0) is 19.7. The molecule has 138 valence electrons. The van der Waals surface area contributed by atoms with Gasteiger partial charge in [0.2, 0.25) is 0 Å². The third-order valence-electron chi connectivity index (χ3n) is 6.57. The van der Waals surface area contributed by atoms with Gasteiger partial charge >= 0.3 is 0 Å². The highest BCUT2D eigenvalue weighted by atomic mass is 14.1. The van der Waals surface area contributed by atoms with Crippen LogP contribution in [0, 0.1) is 0 Å². The first kappa shape index (κ1) is 16.0. The lowest BCUT2D eigenvalue weighted by atomic mass is 9.91. The van der Waals surface area contributed by atoms with E-state index in [1.54, 1.807) is 0 Å². The molecule has 0 saturated heterocycles. The van der Waals surface area contributed by atoms with E-state index in [-0.39, 0.29) is 0 Å². The second-order valence-electron chi connectivity index (χ2n) is 8.20. The van der Waals surface area contributed by atoms with Gasteiger partial charge in [-0.15, -0.1) is 0 Å². The Labute approximate surface area is 174 Å². The normalized spacial score (nSPS) is 12.0. The van der Waals surface area contributed by atoms with Crippen molar-refractivity contribution in [2.75, 3.05) is 0 Å². The second-order valence-corrected chi connectivity index (χ2v) is 8.20. The Hall–Kier alpha value is -3.90. The minimum atomic E-state index is 1.29. The quantitative estimate of drug-likeness (QED) is 0.183. The summed E-state index contributed by atoms with van der Waals surface area (Å²) in [6.07, 6.45) is 0. The lowest BCUT2D eigenvalue weighted by Gasteiger charge is -2.12. The summed E-state index contributed by atoms with van der Waals surface area (Å²) in [5.74, 6) is 0. The smallest absolute Gasteiger partial charge is 0.00266 e. The van der Waals surface area contributed by atoms with Crippen molar-refractivity contribution in [2.45, 2.75) is 0 Å². The predicted molar refractivity (Wildman–Crippen MR) is 131 cm³/mol. The molecule has 0 aliphatic heterocycles. The molecule has 0 spiro atoms. The summed E-state index contributed by atoms with van der Waals surface area (Å²) in [6.45, 7) is 0. The molecule has 7 rings (SSSR count). The number of hydrogen-bond acceptors (Lipinski definition) is 0. The molecule has 0 saturated carbocycles. The molecule has 30 heavy (non-hydrogen) atoms. The van der Waals surface area contributed by atoms with Gasteiger partial charge in [-0.25, -0.2) is 0 Å². The van der Waals surface area contributed by atoms with E-state index in [2.05, 4.69) is 109 Å². The molecule has 0 amide bonds. The summed E-state index contributed by atoms with van der Waals surface area (Å²) in [6, 6.07) is 40.2. The van der Waals surface area contributed by atoms with E-state index in [1.807, 2.05) is 0 Å². The topological polar surface area (TPSA) is 0 Å². The lowest BCUT2D eigenvalue weighted by Crippen LogP contribution is -1.84. The molecule has 0 N–H and O–H groups in total. The van der Waals surface area contributed by atoms with Crippen LogP contribution < -0.4 is 0 Å². The van der Waals surface area contributed by atoms with Crippen LogP contribution in [0.15, 0.2) is 109 Å². The zero-order valence-corrected chi connectivity index (χ0v) is 16.4. The maximum absolute atomic E-state index is 2.39. The Morgan fingerprint density at radius 3 is 1.10 bits per heavy atom. The van der Waals surface area contributed by atoms with Gasteiger partial charge in [-0.05, 0) is 76.8 Å². The van der Waals surface area contributed by atoms with Gasteiger partial charge in [0.15, 0.2) is 0 Å². The molecule has 0 atom stereocenters. The number of rotatable bonds is 0. The van der Waals surface area contributed by atoms with Crippen molar-refractivity contribution in [3.8, 4) is 0 Å². The summed E-state index contributed by atoms with van der Waals surface area (Å²) >= 11 is 0. The van der Waals surface area contributed by atoms with Gasteiger partial charge in [0, 0.05) is 0 Å². The molecular formula is C30H18. The SMILES string of the molecule is c1ccc2c(c1)ccc1ccc3cc4c(ccc5ccc6ccccc6c54)cc3c12. The number of hydrogen-bond donors (Lipinski definition) is 0. The standard InChI is InChI=1S/C30H18/c1-3-7-25-19(5-1)9-11-21-13-15-23-18-28-24(17-27(23)29(21)25)16-14-22-12-10-20-6-2-4-8-26(20)30(22)28/h1-18H. The number of fused-ring (bicyclic) bond motifs is 10. The van der Waals surface area contributed by atoms with E-state index in [0.29, 0.717) is 0 Å². The first-order chi connectivity index (χ1) is 14.9. The molecular weight excluding hydrogens is 360 g/mol. The van der Waals surface area contributed by atoms with E-state index >= 15 is 0 Å². The van der Waals surface area contributed by atoms with E-state index in [9.17, 15) is 0 Å². The molecule has 7 aromatic carbocycles. The van der Waals surface area contributed by atoms with Crippen molar-refractivity contribution in [1.29, 1.82) is 0 Å². The molecule has 7 aromatic rings. The minimum absolute atomic E-state index is 1.29. The summed E-state index contributed by atoms with van der Waals surface area (Å²) in [7, 11) is 0. The largest absolute Gasteiger partial charge is 0.0616 e. The fourth-order valence-corrected chi connectivity index (χ4v) is 5.16. The molecule has 0 nitrogen and oxygen atoms in total. The summed E-state index contributed by atoms with van der Waals surface area (Å²) in [4.78, 5) is 0. The molecule has 0 radical (unpaired) electrons. The fourth-order valence-electron chi connectivity index (χ4n) is 5.16. The van der Waals surface area contributed by atoms with E-state index in [1.165, 1.54) is 64.6 Å². The maximum Gasteiger partial charge on any atom is -0.00266 e. The van der Waals surface area contributed by atoms with Crippen LogP contribution in [0.2, 0.25) is 0 Å². The molecule has 0 heteroatoms. The van der Waals surface area contributed by atoms with Gasteiger partial charge in [0.05, 0.1) is 0 Å². The van der Waals surface area contributed by atoms with Gasteiger partial charge < -0.3 is 0 Å². The van der Waals surface area contributed by atoms with Crippen molar-refractivity contribution in [1.82, 2.24) is 0 Å². The molecule has 0 aliphatic carbocycles. The Bertz CT molecular complexity index is 1650. The predicted octanol–water partition coefficient (Wildman–Crippen LogP) is 8.61. The van der Waals surface area contributed by atoms with Crippen molar-refractivity contribution >= 4 is 64.6 Å². The fraction of sp³-hybridized carbons (Fsp3) is 0. The van der Waals surface area contributed by atoms with E-state index < -0.39 is 0 Å². The average Bonchev–Trinajstić information content (AvgIpc) is 2.82. The Balaban J connectivity index is 1.72. The molecule has 0 bridgehead atoms. The van der Waals surface area contributed by atoms with Crippen LogP contribution in [0.3, 0.4) is 0 Å². The molecule has 0 aliphatic rings. The van der Waals surface area contributed by atoms with Gasteiger partial charge in [0.25, 0.3) is 0 Å². The average molecular weight is 378 g/mol. The maximum atomic E-state index is 2.39. The first-order valence-corrected chi connectivity index (χ1v) is 10.5. The first-order valence-electron chi connectivity index (χ1n) is 10.5. The number of benzene rings is 7. The summed E-state index contributed by atoms with van der Waals surface area (Å²) in [5, 5.41) is 15.8. The lowest BCUT2D eigenvalue weighted by molar-refractivity contribution is 1.78. The Morgan fingerprint density at radius 2 is 0.633 bits per heavy atom. The van der Waals surface area contributed by atoms with Crippen molar-refractivity contribution in [2.24, 2.45) is 0 Å². The van der Waals surface area contributed by atoms with Crippen molar-refractivity contribution < 1.29 is 0 Å². The van der Waals surface area contributed by atoms with Crippen LogP contribution in [0.4, 0.5) is 0 Å². The molecule has 0 aromatic heterocycles. The van der Waals surface area contributed by atoms with Gasteiger partial charge in [0.1, 0.15) is 0 Å². The van der Waals surface area contributed by atoms with Crippen molar-refractivity contribution in [3.05, 3.63) is 109 Å². The second kappa shape index (κ2) is 5.81. The van der Waals surface area contributed by atoms with Crippen LogP contribution in [-0.2, 0) is 0 Å². The highest BCUT2D eigenvalue weighted by Gasteiger charge is 2.10. The monoisotopic (exact) mass is 378 g/mol. The Morgan fingerprint density at radius 1 is 0.267 bits per heavy atom. The third-order valence-corrected chi connectivity index (χ3v) is 6.57. The van der Waals surface area contributed by atoms with Gasteiger partial charge in [-0.2, -0.15) is 0 Å². The summed E-state index contributed by atoms with van der Waals surface area (Å²) < 4.78 is 0. The minimum Gasteiger partial charge on any atom is -0.0616 e. The van der Waals surface area contributed by atoms with Crippen LogP contribution in [-0.4, -0.2) is 0 Å². The van der Waals surface area contributed by atoms with Crippen molar-refractivity contribution in [3.63, 3.8) is 0 Å². The molecule has 0 heterocycles. The highest BCUT2D eigenvalue weighted by molar-refractivity contribution is 6.26. The highest BCUT2D eigenvalue weighted by Crippen LogP contribution is 2.38. The Kier molecular flexibility index (Phi) is 3.09. The third kappa shape index (κ3) is 2.11. The van der Waals surface area contributed by atoms with Crippen LogP contribution in [0.5, 0.6) is 0 Å².